The maximum atomic E-state index is 4.45. The number of aromatic nitrogens is 1. The first-order valence-corrected chi connectivity index (χ1v) is 5.78. The Morgan fingerprint density at radius 1 is 0.941 bits per heavy atom. The van der Waals surface area contributed by atoms with Crippen LogP contribution in [0, 0.1) is 13.8 Å². The van der Waals surface area contributed by atoms with Crippen LogP contribution < -0.4 is 4.90 Å². The van der Waals surface area contributed by atoms with Gasteiger partial charge < -0.3 is 4.90 Å². The Morgan fingerprint density at radius 3 is 2.18 bits per heavy atom. The first-order valence-electron chi connectivity index (χ1n) is 5.78. The standard InChI is InChI=1S/C15H18N2/c1-11-7-12(2)9-13(8-11)15-10-14(17(3)4)5-6-16-15/h5-10H,1-4H3. The van der Waals surface area contributed by atoms with E-state index in [1.165, 1.54) is 22.4 Å². The van der Waals surface area contributed by atoms with Crippen LogP contribution in [-0.4, -0.2) is 19.1 Å². The summed E-state index contributed by atoms with van der Waals surface area (Å²) in [5, 5.41) is 0. The van der Waals surface area contributed by atoms with E-state index in [-0.39, 0.29) is 0 Å². The van der Waals surface area contributed by atoms with Gasteiger partial charge in [-0.05, 0) is 38.1 Å². The predicted molar refractivity (Wildman–Crippen MR) is 73.5 cm³/mol. The second-order valence-corrected chi connectivity index (χ2v) is 4.67. The average Bonchev–Trinajstić information content (AvgIpc) is 2.28. The van der Waals surface area contributed by atoms with Crippen molar-refractivity contribution in [1.29, 1.82) is 0 Å². The molecule has 88 valence electrons. The van der Waals surface area contributed by atoms with Gasteiger partial charge in [0.15, 0.2) is 0 Å². The second kappa shape index (κ2) is 4.58. The molecule has 2 nitrogen and oxygen atoms in total. The molecule has 0 saturated heterocycles. The molecule has 0 radical (unpaired) electrons. The van der Waals surface area contributed by atoms with Crippen LogP contribution in [0.2, 0.25) is 0 Å². The Labute approximate surface area is 103 Å². The second-order valence-electron chi connectivity index (χ2n) is 4.67. The molecule has 0 aliphatic carbocycles. The molecule has 2 heteroatoms. The monoisotopic (exact) mass is 226 g/mol. The highest BCUT2D eigenvalue weighted by Gasteiger charge is 2.03. The summed E-state index contributed by atoms with van der Waals surface area (Å²) >= 11 is 0. The summed E-state index contributed by atoms with van der Waals surface area (Å²) in [4.78, 5) is 6.54. The summed E-state index contributed by atoms with van der Waals surface area (Å²) in [6.45, 7) is 4.23. The summed E-state index contributed by atoms with van der Waals surface area (Å²) in [5.41, 5.74) is 5.94. The third kappa shape index (κ3) is 2.64. The average molecular weight is 226 g/mol. The minimum atomic E-state index is 1.03. The van der Waals surface area contributed by atoms with Crippen LogP contribution in [0.3, 0.4) is 0 Å². The van der Waals surface area contributed by atoms with Crippen molar-refractivity contribution in [1.82, 2.24) is 4.98 Å². The van der Waals surface area contributed by atoms with E-state index in [0.29, 0.717) is 0 Å². The molecule has 0 aliphatic heterocycles. The molecule has 0 unspecified atom stereocenters. The normalized spacial score (nSPS) is 10.4. The van der Waals surface area contributed by atoms with Crippen LogP contribution >= 0.6 is 0 Å². The fourth-order valence-electron chi connectivity index (χ4n) is 1.98. The molecule has 0 amide bonds. The van der Waals surface area contributed by atoms with Crippen molar-refractivity contribution in [3.8, 4) is 11.3 Å². The Bertz CT molecular complexity index is 510. The van der Waals surface area contributed by atoms with Gasteiger partial charge in [-0.2, -0.15) is 0 Å². The lowest BCUT2D eigenvalue weighted by Gasteiger charge is -2.13. The molecule has 2 rings (SSSR count). The largest absolute Gasteiger partial charge is 0.378 e. The van der Waals surface area contributed by atoms with Crippen LogP contribution in [0.25, 0.3) is 11.3 Å². The number of hydrogen-bond acceptors (Lipinski definition) is 2. The third-order valence-corrected chi connectivity index (χ3v) is 2.78. The number of hydrogen-bond donors (Lipinski definition) is 0. The lowest BCUT2D eigenvalue weighted by atomic mass is 10.0. The van der Waals surface area contributed by atoms with Gasteiger partial charge in [-0.25, -0.2) is 0 Å². The lowest BCUT2D eigenvalue weighted by molar-refractivity contribution is 1.12. The van der Waals surface area contributed by atoms with Crippen molar-refractivity contribution >= 4 is 5.69 Å². The highest BCUT2D eigenvalue weighted by atomic mass is 15.1. The highest BCUT2D eigenvalue weighted by molar-refractivity contribution is 5.65. The number of pyridine rings is 1. The van der Waals surface area contributed by atoms with E-state index in [2.05, 4.69) is 48.0 Å². The van der Waals surface area contributed by atoms with Gasteiger partial charge in [0.25, 0.3) is 0 Å². The molecule has 1 heterocycles. The Morgan fingerprint density at radius 2 is 1.59 bits per heavy atom. The topological polar surface area (TPSA) is 16.1 Å². The summed E-state index contributed by atoms with van der Waals surface area (Å²) in [5.74, 6) is 0. The first kappa shape index (κ1) is 11.6. The van der Waals surface area contributed by atoms with E-state index in [1.807, 2.05) is 26.4 Å². The Balaban J connectivity index is 2.49. The molecule has 1 aromatic carbocycles. The Kier molecular flexibility index (Phi) is 3.14. The fraction of sp³-hybridized carbons (Fsp3) is 0.267. The van der Waals surface area contributed by atoms with Crippen LogP contribution in [0.5, 0.6) is 0 Å². The van der Waals surface area contributed by atoms with E-state index in [4.69, 9.17) is 0 Å². The molecular formula is C15H18N2. The van der Waals surface area contributed by atoms with Crippen LogP contribution in [0.4, 0.5) is 5.69 Å². The number of anilines is 1. The highest BCUT2D eigenvalue weighted by Crippen LogP contribution is 2.23. The van der Waals surface area contributed by atoms with Crippen molar-refractivity contribution < 1.29 is 0 Å². The zero-order chi connectivity index (χ0) is 12.4. The van der Waals surface area contributed by atoms with Gasteiger partial charge in [-0.3, -0.25) is 4.98 Å². The first-order chi connectivity index (χ1) is 8.06. The number of benzene rings is 1. The smallest absolute Gasteiger partial charge is 0.0722 e. The van der Waals surface area contributed by atoms with Crippen molar-refractivity contribution in [2.45, 2.75) is 13.8 Å². The van der Waals surface area contributed by atoms with Crippen molar-refractivity contribution in [3.63, 3.8) is 0 Å². The van der Waals surface area contributed by atoms with Gasteiger partial charge in [0.05, 0.1) is 5.69 Å². The molecule has 0 atom stereocenters. The maximum absolute atomic E-state index is 4.45. The summed E-state index contributed by atoms with van der Waals surface area (Å²) in [6.07, 6.45) is 1.86. The molecule has 0 saturated carbocycles. The zero-order valence-electron chi connectivity index (χ0n) is 10.9. The summed E-state index contributed by atoms with van der Waals surface area (Å²) in [7, 11) is 4.08. The molecular weight excluding hydrogens is 208 g/mol. The molecule has 0 aliphatic rings. The van der Waals surface area contributed by atoms with Gasteiger partial charge in [0.2, 0.25) is 0 Å². The van der Waals surface area contributed by atoms with Crippen molar-refractivity contribution in [2.24, 2.45) is 0 Å². The quantitative estimate of drug-likeness (QED) is 0.780. The fourth-order valence-corrected chi connectivity index (χ4v) is 1.98. The van der Waals surface area contributed by atoms with Gasteiger partial charge in [-0.1, -0.05) is 17.2 Å². The molecule has 17 heavy (non-hydrogen) atoms. The maximum Gasteiger partial charge on any atom is 0.0722 e. The molecule has 0 bridgehead atoms. The molecule has 0 fully saturated rings. The van der Waals surface area contributed by atoms with Crippen molar-refractivity contribution in [2.75, 3.05) is 19.0 Å². The number of aryl methyl sites for hydroxylation is 2. The SMILES string of the molecule is Cc1cc(C)cc(-c2cc(N(C)C)ccn2)c1. The minimum absolute atomic E-state index is 1.03. The predicted octanol–water partition coefficient (Wildman–Crippen LogP) is 3.43. The molecule has 1 aromatic heterocycles. The summed E-state index contributed by atoms with van der Waals surface area (Å²) in [6, 6.07) is 10.7. The van der Waals surface area contributed by atoms with Gasteiger partial charge in [0, 0.05) is 31.5 Å². The van der Waals surface area contributed by atoms with Crippen LogP contribution in [0.1, 0.15) is 11.1 Å². The van der Waals surface area contributed by atoms with E-state index < -0.39 is 0 Å². The minimum Gasteiger partial charge on any atom is -0.378 e. The van der Waals surface area contributed by atoms with Crippen LogP contribution in [-0.2, 0) is 0 Å². The third-order valence-electron chi connectivity index (χ3n) is 2.78. The van der Waals surface area contributed by atoms with E-state index in [9.17, 15) is 0 Å². The Hall–Kier alpha value is -1.83. The lowest BCUT2D eigenvalue weighted by Crippen LogP contribution is -2.08. The van der Waals surface area contributed by atoms with Crippen molar-refractivity contribution in [3.05, 3.63) is 47.7 Å². The van der Waals surface area contributed by atoms with E-state index in [1.54, 1.807) is 0 Å². The van der Waals surface area contributed by atoms with Gasteiger partial charge >= 0.3 is 0 Å². The van der Waals surface area contributed by atoms with Crippen LogP contribution in [0.15, 0.2) is 36.5 Å². The van der Waals surface area contributed by atoms with E-state index >= 15 is 0 Å². The number of nitrogens with zero attached hydrogens (tertiary/aromatic N) is 2. The molecule has 2 aromatic rings. The molecule has 0 spiro atoms. The van der Waals surface area contributed by atoms with Gasteiger partial charge in [-0.15, -0.1) is 0 Å². The molecule has 0 N–H and O–H groups in total. The summed E-state index contributed by atoms with van der Waals surface area (Å²) < 4.78 is 0. The zero-order valence-corrected chi connectivity index (χ0v) is 10.9. The number of rotatable bonds is 2. The van der Waals surface area contributed by atoms with Gasteiger partial charge in [0.1, 0.15) is 0 Å². The van der Waals surface area contributed by atoms with E-state index in [0.717, 1.165) is 5.69 Å².